The van der Waals surface area contributed by atoms with Crippen LogP contribution in [-0.2, 0) is 11.2 Å². The van der Waals surface area contributed by atoms with Gasteiger partial charge in [-0.15, -0.1) is 11.3 Å². The normalized spacial score (nSPS) is 12.4. The maximum atomic E-state index is 12.0. The van der Waals surface area contributed by atoms with Crippen LogP contribution in [0, 0.1) is 0 Å². The fourth-order valence-electron chi connectivity index (χ4n) is 2.16. The summed E-state index contributed by atoms with van der Waals surface area (Å²) in [7, 11) is 3.97. The summed E-state index contributed by atoms with van der Waals surface area (Å²) >= 11 is 7.85. The van der Waals surface area contributed by atoms with Gasteiger partial charge in [0.15, 0.2) is 0 Å². The Balaban J connectivity index is 1.98. The summed E-state index contributed by atoms with van der Waals surface area (Å²) in [6, 6.07) is 11.7. The van der Waals surface area contributed by atoms with Crippen LogP contribution in [0.5, 0.6) is 0 Å². The average Bonchev–Trinajstić information content (AvgIpc) is 2.93. The zero-order chi connectivity index (χ0) is 15.2. The Morgan fingerprint density at radius 2 is 2.05 bits per heavy atom. The second-order valence-corrected chi connectivity index (χ2v) is 6.50. The number of carbonyl (C=O) groups is 1. The number of carbonyl (C=O) groups excluding carboxylic acids is 1. The molecule has 1 atom stereocenters. The highest BCUT2D eigenvalue weighted by atomic mass is 35.5. The molecular weight excluding hydrogens is 304 g/mol. The molecule has 1 amide bonds. The summed E-state index contributed by atoms with van der Waals surface area (Å²) in [5, 5.41) is 5.70. The van der Waals surface area contributed by atoms with Crippen LogP contribution < -0.4 is 5.32 Å². The molecular formula is C16H19ClN2OS. The molecule has 0 unspecified atom stereocenters. The number of amides is 1. The van der Waals surface area contributed by atoms with E-state index in [2.05, 4.69) is 10.2 Å². The predicted octanol–water partition coefficient (Wildman–Crippen LogP) is 3.36. The average molecular weight is 323 g/mol. The number of thiophene rings is 1. The van der Waals surface area contributed by atoms with Crippen LogP contribution in [0.15, 0.2) is 41.8 Å². The smallest absolute Gasteiger partial charge is 0.225 e. The second-order valence-electron chi connectivity index (χ2n) is 5.06. The van der Waals surface area contributed by atoms with Gasteiger partial charge in [-0.1, -0.05) is 35.9 Å². The predicted molar refractivity (Wildman–Crippen MR) is 88.9 cm³/mol. The molecule has 0 radical (unpaired) electrons. The fourth-order valence-corrected chi connectivity index (χ4v) is 3.13. The van der Waals surface area contributed by atoms with Gasteiger partial charge in [0, 0.05) is 16.4 Å². The van der Waals surface area contributed by atoms with Crippen molar-refractivity contribution < 1.29 is 4.79 Å². The van der Waals surface area contributed by atoms with Crippen molar-refractivity contribution >= 4 is 28.8 Å². The molecule has 0 aliphatic rings. The van der Waals surface area contributed by atoms with Crippen molar-refractivity contribution in [1.82, 2.24) is 10.2 Å². The third kappa shape index (κ3) is 4.56. The lowest BCUT2D eigenvalue weighted by atomic mass is 10.1. The van der Waals surface area contributed by atoms with E-state index in [1.165, 1.54) is 0 Å². The highest BCUT2D eigenvalue weighted by molar-refractivity contribution is 7.10. The molecule has 0 saturated carbocycles. The summed E-state index contributed by atoms with van der Waals surface area (Å²) in [5.41, 5.74) is 1.03. The van der Waals surface area contributed by atoms with Gasteiger partial charge in [-0.2, -0.15) is 0 Å². The molecule has 112 valence electrons. The van der Waals surface area contributed by atoms with Crippen molar-refractivity contribution in [1.29, 1.82) is 0 Å². The van der Waals surface area contributed by atoms with E-state index in [1.54, 1.807) is 11.3 Å². The first kappa shape index (κ1) is 16.0. The molecule has 21 heavy (non-hydrogen) atoms. The molecule has 2 aromatic rings. The molecule has 0 aliphatic heterocycles. The van der Waals surface area contributed by atoms with Gasteiger partial charge in [-0.25, -0.2) is 0 Å². The minimum absolute atomic E-state index is 0.0383. The number of nitrogens with one attached hydrogen (secondary N) is 1. The van der Waals surface area contributed by atoms with Gasteiger partial charge in [-0.05, 0) is 37.2 Å². The first-order valence-electron chi connectivity index (χ1n) is 6.78. The zero-order valence-electron chi connectivity index (χ0n) is 12.2. The van der Waals surface area contributed by atoms with E-state index in [0.717, 1.165) is 15.5 Å². The lowest BCUT2D eigenvalue weighted by molar-refractivity contribution is -0.120. The Morgan fingerprint density at radius 3 is 2.67 bits per heavy atom. The number of hydrogen-bond donors (Lipinski definition) is 1. The van der Waals surface area contributed by atoms with Gasteiger partial charge >= 0.3 is 0 Å². The Hall–Kier alpha value is -1.36. The molecule has 0 fully saturated rings. The quantitative estimate of drug-likeness (QED) is 0.884. The Labute approximate surface area is 134 Å². The first-order chi connectivity index (χ1) is 10.1. The maximum Gasteiger partial charge on any atom is 0.225 e. The molecule has 5 heteroatoms. The van der Waals surface area contributed by atoms with Crippen LogP contribution in [0.3, 0.4) is 0 Å². The minimum Gasteiger partial charge on any atom is -0.354 e. The highest BCUT2D eigenvalue weighted by Gasteiger charge is 2.17. The van der Waals surface area contributed by atoms with Crippen molar-refractivity contribution in [2.24, 2.45) is 0 Å². The topological polar surface area (TPSA) is 32.3 Å². The van der Waals surface area contributed by atoms with E-state index >= 15 is 0 Å². The van der Waals surface area contributed by atoms with Crippen molar-refractivity contribution in [2.75, 3.05) is 20.6 Å². The molecule has 0 saturated heterocycles. The van der Waals surface area contributed by atoms with Crippen molar-refractivity contribution in [3.05, 3.63) is 57.2 Å². The highest BCUT2D eigenvalue weighted by Crippen LogP contribution is 2.25. The van der Waals surface area contributed by atoms with Crippen LogP contribution in [0.25, 0.3) is 0 Å². The van der Waals surface area contributed by atoms with E-state index < -0.39 is 0 Å². The molecule has 2 rings (SSSR count). The third-order valence-corrected chi connectivity index (χ3v) is 4.52. The van der Waals surface area contributed by atoms with Crippen molar-refractivity contribution in [3.8, 4) is 0 Å². The lowest BCUT2D eigenvalue weighted by Crippen LogP contribution is -2.35. The fraction of sp³-hybridized carbons (Fsp3) is 0.312. The Morgan fingerprint density at radius 1 is 1.29 bits per heavy atom. The molecule has 1 heterocycles. The Kier molecular flexibility index (Phi) is 5.79. The molecule has 3 nitrogen and oxygen atoms in total. The number of nitrogens with zero attached hydrogens (tertiary/aromatic N) is 1. The van der Waals surface area contributed by atoms with Crippen LogP contribution >= 0.6 is 22.9 Å². The third-order valence-electron chi connectivity index (χ3n) is 3.30. The number of halogens is 1. The second kappa shape index (κ2) is 7.59. The number of hydrogen-bond acceptors (Lipinski definition) is 3. The van der Waals surface area contributed by atoms with Gasteiger partial charge in [0.25, 0.3) is 0 Å². The van der Waals surface area contributed by atoms with E-state index in [0.29, 0.717) is 13.0 Å². The van der Waals surface area contributed by atoms with E-state index in [1.807, 2.05) is 55.9 Å². The summed E-state index contributed by atoms with van der Waals surface area (Å²) in [6.45, 7) is 0.543. The summed E-state index contributed by atoms with van der Waals surface area (Å²) in [4.78, 5) is 15.1. The molecule has 0 bridgehead atoms. The van der Waals surface area contributed by atoms with Crippen molar-refractivity contribution in [3.63, 3.8) is 0 Å². The molecule has 0 aliphatic carbocycles. The van der Waals surface area contributed by atoms with Crippen LogP contribution in [-0.4, -0.2) is 31.4 Å². The van der Waals surface area contributed by atoms with E-state index in [-0.39, 0.29) is 11.9 Å². The molecule has 1 aromatic carbocycles. The number of benzene rings is 1. The van der Waals surface area contributed by atoms with Crippen molar-refractivity contribution in [2.45, 2.75) is 12.5 Å². The van der Waals surface area contributed by atoms with Gasteiger partial charge < -0.3 is 10.2 Å². The summed E-state index contributed by atoms with van der Waals surface area (Å²) in [6.07, 6.45) is 0.431. The Bertz CT molecular complexity index is 584. The maximum absolute atomic E-state index is 12.0. The largest absolute Gasteiger partial charge is 0.354 e. The van der Waals surface area contributed by atoms with Gasteiger partial charge in [0.1, 0.15) is 0 Å². The molecule has 1 N–H and O–H groups in total. The van der Waals surface area contributed by atoms with E-state index in [4.69, 9.17) is 11.6 Å². The molecule has 1 aromatic heterocycles. The molecule has 0 spiro atoms. The first-order valence-corrected chi connectivity index (χ1v) is 8.03. The van der Waals surface area contributed by atoms with E-state index in [9.17, 15) is 4.79 Å². The van der Waals surface area contributed by atoms with Crippen LogP contribution in [0.1, 0.15) is 16.5 Å². The monoisotopic (exact) mass is 322 g/mol. The summed E-state index contributed by atoms with van der Waals surface area (Å²) in [5.74, 6) is 0.0383. The van der Waals surface area contributed by atoms with Gasteiger partial charge in [-0.3, -0.25) is 4.79 Å². The summed E-state index contributed by atoms with van der Waals surface area (Å²) < 4.78 is 0. The number of rotatable bonds is 6. The number of likely N-dealkylation sites (N-methyl/N-ethyl adjacent to an activating group) is 1. The van der Waals surface area contributed by atoms with Gasteiger partial charge in [0.05, 0.1) is 12.5 Å². The zero-order valence-corrected chi connectivity index (χ0v) is 13.7. The SMILES string of the molecule is CN(C)[C@@H](CNC(=O)Cc1cccs1)c1ccccc1Cl. The minimum atomic E-state index is 0.0383. The standard InChI is InChI=1S/C16H19ClN2OS/c1-19(2)15(13-7-3-4-8-14(13)17)11-18-16(20)10-12-6-5-9-21-12/h3-9,15H,10-11H2,1-2H3,(H,18,20)/t15-/m0/s1. The lowest BCUT2D eigenvalue weighted by Gasteiger charge is -2.26. The van der Waals surface area contributed by atoms with Crippen LogP contribution in [0.2, 0.25) is 5.02 Å². The van der Waals surface area contributed by atoms with Gasteiger partial charge in [0.2, 0.25) is 5.91 Å². The van der Waals surface area contributed by atoms with Crippen LogP contribution in [0.4, 0.5) is 0 Å².